The van der Waals surface area contributed by atoms with Gasteiger partial charge in [0.05, 0.1) is 13.1 Å². The number of aryl methyl sites for hydroxylation is 1. The number of carbonyl (C=O) groups excluding carboxylic acids is 1. The molecule has 3 N–H and O–H groups in total. The van der Waals surface area contributed by atoms with Crippen LogP contribution in [-0.4, -0.2) is 22.0 Å². The monoisotopic (exact) mass is 268 g/mol. The van der Waals surface area contributed by atoms with E-state index >= 15 is 0 Å². The first-order valence-electron chi connectivity index (χ1n) is 6.24. The molecule has 1 aromatic carbocycles. The van der Waals surface area contributed by atoms with E-state index < -0.39 is 0 Å². The third-order valence-electron chi connectivity index (χ3n) is 2.81. The fourth-order valence-corrected chi connectivity index (χ4v) is 1.69. The molecule has 0 spiro atoms. The van der Waals surface area contributed by atoms with Crippen molar-refractivity contribution in [2.24, 2.45) is 12.8 Å². The van der Waals surface area contributed by atoms with Crippen molar-refractivity contribution in [2.45, 2.75) is 6.54 Å². The Hall–Kier alpha value is -2.58. The maximum Gasteiger partial charge on any atom is 0.251 e. The fourth-order valence-electron chi connectivity index (χ4n) is 1.69. The van der Waals surface area contributed by atoms with Crippen LogP contribution in [0.3, 0.4) is 0 Å². The molecule has 0 saturated heterocycles. The van der Waals surface area contributed by atoms with Gasteiger partial charge in [-0.15, -0.1) is 0 Å². The summed E-state index contributed by atoms with van der Waals surface area (Å²) >= 11 is 0. The lowest BCUT2D eigenvalue weighted by atomic mass is 10.1. The Bertz CT molecular complexity index is 647. The molecule has 1 heterocycles. The van der Waals surface area contributed by atoms with Crippen molar-refractivity contribution in [3.63, 3.8) is 0 Å². The molecular formula is C15H16N4O. The van der Waals surface area contributed by atoms with Gasteiger partial charge in [-0.3, -0.25) is 4.79 Å². The summed E-state index contributed by atoms with van der Waals surface area (Å²) < 4.78 is 1.87. The molecule has 102 valence electrons. The van der Waals surface area contributed by atoms with Crippen molar-refractivity contribution in [2.75, 3.05) is 6.54 Å². The topological polar surface area (TPSA) is 72.9 Å². The molecule has 0 unspecified atom stereocenters. The Labute approximate surface area is 117 Å². The van der Waals surface area contributed by atoms with E-state index in [1.54, 1.807) is 30.5 Å². The minimum atomic E-state index is -0.133. The second kappa shape index (κ2) is 6.55. The summed E-state index contributed by atoms with van der Waals surface area (Å²) in [5.74, 6) is 6.36. The number of rotatable bonds is 3. The van der Waals surface area contributed by atoms with Crippen molar-refractivity contribution in [3.05, 3.63) is 53.6 Å². The fraction of sp³-hybridized carbons (Fsp3) is 0.200. The Morgan fingerprint density at radius 1 is 1.40 bits per heavy atom. The molecule has 0 fully saturated rings. The van der Waals surface area contributed by atoms with Gasteiger partial charge in [-0.1, -0.05) is 11.8 Å². The van der Waals surface area contributed by atoms with Crippen LogP contribution in [0.4, 0.5) is 0 Å². The number of hydrogen-bond acceptors (Lipinski definition) is 3. The van der Waals surface area contributed by atoms with Crippen LogP contribution in [0.1, 0.15) is 21.7 Å². The highest BCUT2D eigenvalue weighted by molar-refractivity contribution is 5.94. The summed E-state index contributed by atoms with van der Waals surface area (Å²) in [6.07, 6.45) is 3.54. The zero-order valence-electron chi connectivity index (χ0n) is 11.3. The van der Waals surface area contributed by atoms with E-state index in [4.69, 9.17) is 5.73 Å². The molecule has 0 saturated carbocycles. The average Bonchev–Trinajstić information content (AvgIpc) is 2.88. The smallest absolute Gasteiger partial charge is 0.251 e. The Morgan fingerprint density at radius 3 is 2.75 bits per heavy atom. The number of nitrogens with one attached hydrogen (secondary N) is 1. The predicted octanol–water partition coefficient (Wildman–Crippen LogP) is 0.660. The first-order valence-corrected chi connectivity index (χ1v) is 6.24. The third kappa shape index (κ3) is 3.46. The van der Waals surface area contributed by atoms with E-state index in [9.17, 15) is 4.79 Å². The quantitative estimate of drug-likeness (QED) is 0.803. The highest BCUT2D eigenvalue weighted by atomic mass is 16.1. The predicted molar refractivity (Wildman–Crippen MR) is 76.8 cm³/mol. The summed E-state index contributed by atoms with van der Waals surface area (Å²) in [7, 11) is 1.89. The molecule has 5 heteroatoms. The first-order chi connectivity index (χ1) is 9.70. The van der Waals surface area contributed by atoms with Gasteiger partial charge < -0.3 is 15.6 Å². The molecule has 0 aliphatic rings. The number of hydrogen-bond donors (Lipinski definition) is 2. The number of amides is 1. The van der Waals surface area contributed by atoms with E-state index in [0.29, 0.717) is 18.7 Å². The number of nitrogens with zero attached hydrogens (tertiary/aromatic N) is 2. The lowest BCUT2D eigenvalue weighted by Crippen LogP contribution is -2.24. The second-order valence-electron chi connectivity index (χ2n) is 4.22. The Morgan fingerprint density at radius 2 is 2.15 bits per heavy atom. The molecule has 0 bridgehead atoms. The summed E-state index contributed by atoms with van der Waals surface area (Å²) in [5, 5.41) is 2.83. The molecule has 20 heavy (non-hydrogen) atoms. The molecule has 0 aliphatic carbocycles. The lowest BCUT2D eigenvalue weighted by molar-refractivity contribution is 0.0949. The van der Waals surface area contributed by atoms with Crippen molar-refractivity contribution in [3.8, 4) is 11.8 Å². The van der Waals surface area contributed by atoms with Gasteiger partial charge in [0.15, 0.2) is 0 Å². The molecule has 0 radical (unpaired) electrons. The van der Waals surface area contributed by atoms with E-state index in [0.717, 1.165) is 11.4 Å². The van der Waals surface area contributed by atoms with Gasteiger partial charge in [0, 0.05) is 30.6 Å². The highest BCUT2D eigenvalue weighted by Gasteiger charge is 2.06. The van der Waals surface area contributed by atoms with Gasteiger partial charge in [0.2, 0.25) is 0 Å². The van der Waals surface area contributed by atoms with E-state index in [1.807, 2.05) is 17.8 Å². The molecule has 2 aromatic rings. The van der Waals surface area contributed by atoms with Crippen molar-refractivity contribution in [1.29, 1.82) is 0 Å². The third-order valence-corrected chi connectivity index (χ3v) is 2.81. The van der Waals surface area contributed by atoms with Gasteiger partial charge in [-0.05, 0) is 24.3 Å². The summed E-state index contributed by atoms with van der Waals surface area (Å²) in [6.45, 7) is 0.725. The number of nitrogens with two attached hydrogens (primary N) is 1. The molecule has 1 aromatic heterocycles. The maximum atomic E-state index is 12.0. The van der Waals surface area contributed by atoms with Crippen LogP contribution in [0.25, 0.3) is 0 Å². The number of carbonyl (C=O) groups is 1. The van der Waals surface area contributed by atoms with E-state index in [-0.39, 0.29) is 5.91 Å². The SMILES string of the molecule is Cn1ccnc1CNC(=O)c1ccc(C#CCN)cc1. The van der Waals surface area contributed by atoms with Crippen molar-refractivity contribution in [1.82, 2.24) is 14.9 Å². The largest absolute Gasteiger partial charge is 0.345 e. The molecular weight excluding hydrogens is 252 g/mol. The molecule has 2 rings (SSSR count). The minimum Gasteiger partial charge on any atom is -0.345 e. The second-order valence-corrected chi connectivity index (χ2v) is 4.22. The lowest BCUT2D eigenvalue weighted by Gasteiger charge is -2.05. The standard InChI is InChI=1S/C15H16N4O/c1-19-10-9-17-14(19)11-18-15(20)13-6-4-12(5-7-13)3-2-8-16/h4-7,9-10H,8,11,16H2,1H3,(H,18,20). The van der Waals surface area contributed by atoms with Crippen molar-refractivity contribution < 1.29 is 4.79 Å². The van der Waals surface area contributed by atoms with Crippen LogP contribution in [0.5, 0.6) is 0 Å². The van der Waals surface area contributed by atoms with Crippen LogP contribution in [0.15, 0.2) is 36.7 Å². The van der Waals surface area contributed by atoms with Crippen LogP contribution >= 0.6 is 0 Å². The van der Waals surface area contributed by atoms with E-state index in [1.165, 1.54) is 0 Å². The van der Waals surface area contributed by atoms with Gasteiger partial charge in [-0.2, -0.15) is 0 Å². The maximum absolute atomic E-state index is 12.0. The van der Waals surface area contributed by atoms with Gasteiger partial charge in [0.1, 0.15) is 5.82 Å². The van der Waals surface area contributed by atoms with Crippen LogP contribution < -0.4 is 11.1 Å². The number of aromatic nitrogens is 2. The van der Waals surface area contributed by atoms with Crippen LogP contribution in [0, 0.1) is 11.8 Å². The first kappa shape index (κ1) is 13.8. The van der Waals surface area contributed by atoms with Crippen LogP contribution in [-0.2, 0) is 13.6 Å². The number of imidazole rings is 1. The summed E-state index contributed by atoms with van der Waals surface area (Å²) in [4.78, 5) is 16.1. The highest BCUT2D eigenvalue weighted by Crippen LogP contribution is 2.04. The Balaban J connectivity index is 1.97. The Kier molecular flexibility index (Phi) is 4.53. The normalized spacial score (nSPS) is 9.70. The molecule has 5 nitrogen and oxygen atoms in total. The van der Waals surface area contributed by atoms with Gasteiger partial charge in [-0.25, -0.2) is 4.98 Å². The zero-order chi connectivity index (χ0) is 14.4. The molecule has 1 amide bonds. The molecule has 0 aliphatic heterocycles. The van der Waals surface area contributed by atoms with Crippen LogP contribution in [0.2, 0.25) is 0 Å². The minimum absolute atomic E-state index is 0.133. The summed E-state index contributed by atoms with van der Waals surface area (Å²) in [6, 6.07) is 7.10. The van der Waals surface area contributed by atoms with Gasteiger partial charge >= 0.3 is 0 Å². The van der Waals surface area contributed by atoms with E-state index in [2.05, 4.69) is 22.1 Å². The number of benzene rings is 1. The van der Waals surface area contributed by atoms with Crippen molar-refractivity contribution >= 4 is 5.91 Å². The van der Waals surface area contributed by atoms with Gasteiger partial charge in [0.25, 0.3) is 5.91 Å². The molecule has 0 atom stereocenters. The average molecular weight is 268 g/mol. The summed E-state index contributed by atoms with van der Waals surface area (Å²) in [5.41, 5.74) is 6.75. The zero-order valence-corrected chi connectivity index (χ0v) is 11.3.